The molecule has 258 valence electrons. The summed E-state index contributed by atoms with van der Waals surface area (Å²) < 4.78 is 8.44. The van der Waals surface area contributed by atoms with E-state index in [1.807, 2.05) is 72.8 Å². The SMILES string of the molecule is CC1(C)COc2cccc3nc(-c4ccc(-c5ccc6ccc(-c7ccc(-c8nc(-c9ccccc9)nc(-c9ccccc9)n8)cc7)cc6c5)cc4)n1c23. The molecule has 9 aromatic rings. The molecule has 0 spiro atoms. The van der Waals surface area contributed by atoms with Crippen molar-refractivity contribution in [1.82, 2.24) is 24.5 Å². The van der Waals surface area contributed by atoms with Gasteiger partial charge in [-0.25, -0.2) is 19.9 Å². The Hall–Kier alpha value is -6.92. The molecule has 0 fully saturated rings. The van der Waals surface area contributed by atoms with E-state index in [0.717, 1.165) is 61.6 Å². The molecule has 7 aromatic carbocycles. The van der Waals surface area contributed by atoms with Gasteiger partial charge < -0.3 is 9.30 Å². The van der Waals surface area contributed by atoms with Gasteiger partial charge in [0.25, 0.3) is 0 Å². The van der Waals surface area contributed by atoms with E-state index >= 15 is 0 Å². The predicted octanol–water partition coefficient (Wildman–Crippen LogP) is 11.5. The summed E-state index contributed by atoms with van der Waals surface area (Å²) in [5, 5.41) is 2.39. The zero-order valence-electron chi connectivity index (χ0n) is 29.9. The van der Waals surface area contributed by atoms with Gasteiger partial charge in [0.2, 0.25) is 0 Å². The first-order chi connectivity index (χ1) is 26.5. The van der Waals surface area contributed by atoms with E-state index in [2.05, 4.69) is 109 Å². The molecule has 0 radical (unpaired) electrons. The summed E-state index contributed by atoms with van der Waals surface area (Å²) in [5.41, 5.74) is 10.4. The number of para-hydroxylation sites is 1. The lowest BCUT2D eigenvalue weighted by Crippen LogP contribution is -2.36. The fourth-order valence-corrected chi connectivity index (χ4v) is 7.48. The molecule has 1 aliphatic rings. The highest BCUT2D eigenvalue weighted by Gasteiger charge is 2.33. The Bertz CT molecular complexity index is 2770. The van der Waals surface area contributed by atoms with Crippen LogP contribution in [0, 0.1) is 0 Å². The zero-order valence-corrected chi connectivity index (χ0v) is 29.9. The van der Waals surface area contributed by atoms with Crippen molar-refractivity contribution < 1.29 is 4.74 Å². The molecule has 0 bridgehead atoms. The second-order valence-corrected chi connectivity index (χ2v) is 14.5. The molecule has 1 aliphatic heterocycles. The lowest BCUT2D eigenvalue weighted by Gasteiger charge is -2.33. The van der Waals surface area contributed by atoms with Crippen molar-refractivity contribution >= 4 is 21.8 Å². The van der Waals surface area contributed by atoms with Gasteiger partial charge in [0.1, 0.15) is 23.7 Å². The molecule has 0 unspecified atom stereocenters. The molecule has 3 heterocycles. The fourth-order valence-electron chi connectivity index (χ4n) is 7.48. The smallest absolute Gasteiger partial charge is 0.164 e. The van der Waals surface area contributed by atoms with Gasteiger partial charge in [-0.1, -0.05) is 140 Å². The third-order valence-electron chi connectivity index (χ3n) is 10.3. The average Bonchev–Trinajstić information content (AvgIpc) is 3.65. The molecule has 0 aliphatic carbocycles. The van der Waals surface area contributed by atoms with Crippen LogP contribution in [-0.2, 0) is 5.54 Å². The van der Waals surface area contributed by atoms with E-state index < -0.39 is 0 Å². The van der Waals surface area contributed by atoms with Gasteiger partial charge in [-0.15, -0.1) is 0 Å². The average molecular weight is 698 g/mol. The Morgan fingerprint density at radius 2 is 0.926 bits per heavy atom. The van der Waals surface area contributed by atoms with E-state index in [4.69, 9.17) is 24.7 Å². The van der Waals surface area contributed by atoms with Crippen LogP contribution in [0.1, 0.15) is 13.8 Å². The molecule has 2 aromatic heterocycles. The van der Waals surface area contributed by atoms with Crippen LogP contribution in [0.5, 0.6) is 5.75 Å². The van der Waals surface area contributed by atoms with Crippen molar-refractivity contribution in [3.05, 3.63) is 164 Å². The third-order valence-corrected chi connectivity index (χ3v) is 10.3. The van der Waals surface area contributed by atoms with Crippen molar-refractivity contribution in [3.63, 3.8) is 0 Å². The largest absolute Gasteiger partial charge is 0.489 e. The normalized spacial score (nSPS) is 13.2. The van der Waals surface area contributed by atoms with Crippen LogP contribution in [0.25, 0.3) is 89.6 Å². The van der Waals surface area contributed by atoms with Crippen LogP contribution in [0.3, 0.4) is 0 Å². The number of hydrogen-bond acceptors (Lipinski definition) is 5. The lowest BCUT2D eigenvalue weighted by atomic mass is 9.96. The number of rotatable bonds is 6. The number of ether oxygens (including phenoxy) is 1. The summed E-state index contributed by atoms with van der Waals surface area (Å²) in [6.07, 6.45) is 0. The number of aromatic nitrogens is 5. The standard InChI is InChI=1S/C48H35N5O/c1-48(2)30-54-42-15-9-14-41-43(42)53(48)47(49-41)37-24-18-32(19-25-37)39-27-21-33-20-26-38(28-40(33)29-39)31-16-22-36(23-17-31)46-51-44(34-10-5-3-6-11-34)50-45(52-46)35-12-7-4-8-13-35/h3-29H,30H2,1-2H3. The van der Waals surface area contributed by atoms with Gasteiger partial charge in [-0.3, -0.25) is 0 Å². The van der Waals surface area contributed by atoms with Gasteiger partial charge in [-0.2, -0.15) is 0 Å². The van der Waals surface area contributed by atoms with Gasteiger partial charge in [0, 0.05) is 22.3 Å². The van der Waals surface area contributed by atoms with E-state index in [1.54, 1.807) is 0 Å². The lowest BCUT2D eigenvalue weighted by molar-refractivity contribution is 0.173. The van der Waals surface area contributed by atoms with Crippen molar-refractivity contribution in [2.24, 2.45) is 0 Å². The highest BCUT2D eigenvalue weighted by atomic mass is 16.5. The van der Waals surface area contributed by atoms with Gasteiger partial charge in [0.05, 0.1) is 11.1 Å². The second kappa shape index (κ2) is 12.6. The number of imidazole rings is 1. The predicted molar refractivity (Wildman–Crippen MR) is 218 cm³/mol. The maximum atomic E-state index is 6.10. The Morgan fingerprint density at radius 1 is 0.444 bits per heavy atom. The molecule has 0 amide bonds. The maximum absolute atomic E-state index is 6.10. The summed E-state index contributed by atoms with van der Waals surface area (Å²) in [4.78, 5) is 19.7. The van der Waals surface area contributed by atoms with Crippen LogP contribution < -0.4 is 4.74 Å². The fraction of sp³-hybridized carbons (Fsp3) is 0.0833. The molecule has 0 saturated heterocycles. The van der Waals surface area contributed by atoms with Crippen molar-refractivity contribution in [2.45, 2.75) is 19.4 Å². The van der Waals surface area contributed by atoms with Crippen molar-refractivity contribution in [2.75, 3.05) is 6.61 Å². The Labute approximate surface area is 313 Å². The summed E-state index contributed by atoms with van der Waals surface area (Å²) in [7, 11) is 0. The summed E-state index contributed by atoms with van der Waals surface area (Å²) in [6, 6.07) is 56.9. The minimum atomic E-state index is -0.210. The van der Waals surface area contributed by atoms with Crippen molar-refractivity contribution in [1.29, 1.82) is 0 Å². The maximum Gasteiger partial charge on any atom is 0.164 e. The molecule has 6 nitrogen and oxygen atoms in total. The Kier molecular flexibility index (Phi) is 7.44. The Morgan fingerprint density at radius 3 is 1.48 bits per heavy atom. The van der Waals surface area contributed by atoms with Crippen LogP contribution in [0.2, 0.25) is 0 Å². The topological polar surface area (TPSA) is 65.7 Å². The molecule has 10 rings (SSSR count). The summed E-state index contributed by atoms with van der Waals surface area (Å²) in [6.45, 7) is 5.02. The van der Waals surface area contributed by atoms with Crippen LogP contribution in [0.4, 0.5) is 0 Å². The highest BCUT2D eigenvalue weighted by Crippen LogP contribution is 2.40. The van der Waals surface area contributed by atoms with Gasteiger partial charge in [-0.05, 0) is 71.1 Å². The van der Waals surface area contributed by atoms with Gasteiger partial charge in [0.15, 0.2) is 17.5 Å². The van der Waals surface area contributed by atoms with Crippen LogP contribution in [0.15, 0.2) is 164 Å². The first-order valence-corrected chi connectivity index (χ1v) is 18.2. The number of nitrogens with zero attached hydrogens (tertiary/aromatic N) is 5. The first kappa shape index (κ1) is 31.8. The van der Waals surface area contributed by atoms with Gasteiger partial charge >= 0.3 is 0 Å². The van der Waals surface area contributed by atoms with E-state index in [-0.39, 0.29) is 5.54 Å². The minimum absolute atomic E-state index is 0.210. The molecule has 6 heteroatoms. The first-order valence-electron chi connectivity index (χ1n) is 18.2. The molecule has 54 heavy (non-hydrogen) atoms. The number of hydrogen-bond donors (Lipinski definition) is 0. The summed E-state index contributed by atoms with van der Waals surface area (Å²) in [5.74, 6) is 3.81. The number of benzene rings is 7. The molecule has 0 N–H and O–H groups in total. The molecular formula is C48H35N5O. The second-order valence-electron chi connectivity index (χ2n) is 14.5. The quantitative estimate of drug-likeness (QED) is 0.173. The van der Waals surface area contributed by atoms with Crippen LogP contribution in [-0.4, -0.2) is 31.1 Å². The molecule has 0 atom stereocenters. The van der Waals surface area contributed by atoms with E-state index in [0.29, 0.717) is 24.1 Å². The van der Waals surface area contributed by atoms with Crippen LogP contribution >= 0.6 is 0 Å². The molecule has 0 saturated carbocycles. The highest BCUT2D eigenvalue weighted by molar-refractivity contribution is 5.92. The zero-order chi connectivity index (χ0) is 36.2. The van der Waals surface area contributed by atoms with E-state index in [9.17, 15) is 0 Å². The summed E-state index contributed by atoms with van der Waals surface area (Å²) >= 11 is 0. The molecular weight excluding hydrogens is 663 g/mol. The van der Waals surface area contributed by atoms with Crippen molar-refractivity contribution in [3.8, 4) is 73.6 Å². The van der Waals surface area contributed by atoms with E-state index in [1.165, 1.54) is 16.3 Å². The minimum Gasteiger partial charge on any atom is -0.489 e. The Balaban J connectivity index is 0.954. The monoisotopic (exact) mass is 697 g/mol. The number of fused-ring (bicyclic) bond motifs is 1. The third kappa shape index (κ3) is 5.60.